The van der Waals surface area contributed by atoms with E-state index in [0.717, 1.165) is 0 Å². The number of nitriles is 1. The van der Waals surface area contributed by atoms with E-state index in [4.69, 9.17) is 27.3 Å². The molecule has 35 heavy (non-hydrogen) atoms. The van der Waals surface area contributed by atoms with Crippen molar-refractivity contribution >= 4 is 23.5 Å². The molecule has 2 aliphatic rings. The number of carbonyl (C=O) groups excluding carboxylic acids is 2. The van der Waals surface area contributed by atoms with Crippen LogP contribution in [0.2, 0.25) is 5.02 Å². The maximum atomic E-state index is 12.9. The molecule has 0 radical (unpaired) electrons. The Balaban J connectivity index is 1.21. The Bertz CT molecular complexity index is 1320. The van der Waals surface area contributed by atoms with E-state index in [1.165, 1.54) is 0 Å². The molecule has 2 aromatic carbocycles. The molecule has 3 amide bonds. The number of hydrogen-bond acceptors (Lipinski definition) is 5. The van der Waals surface area contributed by atoms with E-state index < -0.39 is 5.91 Å². The van der Waals surface area contributed by atoms with E-state index in [-0.39, 0.29) is 24.7 Å². The Morgan fingerprint density at radius 2 is 1.94 bits per heavy atom. The number of aromatic nitrogens is 2. The van der Waals surface area contributed by atoms with Crippen molar-refractivity contribution in [1.29, 1.82) is 5.26 Å². The minimum Gasteiger partial charge on any atom is -0.490 e. The summed E-state index contributed by atoms with van der Waals surface area (Å²) in [6.07, 6.45) is 1.41. The highest BCUT2D eigenvalue weighted by molar-refractivity contribution is 6.30. The van der Waals surface area contributed by atoms with Crippen molar-refractivity contribution in [2.45, 2.75) is 38.1 Å². The maximum absolute atomic E-state index is 12.9. The first-order valence-electron chi connectivity index (χ1n) is 11.3. The number of hydrogen-bond donors (Lipinski definition) is 2. The number of urea groups is 1. The van der Waals surface area contributed by atoms with E-state index >= 15 is 0 Å². The molecular weight excluding hydrogens is 468 g/mol. The summed E-state index contributed by atoms with van der Waals surface area (Å²) in [4.78, 5) is 26.9. The lowest BCUT2D eigenvalue weighted by atomic mass is 9.89. The van der Waals surface area contributed by atoms with Gasteiger partial charge in [-0.1, -0.05) is 23.7 Å². The van der Waals surface area contributed by atoms with E-state index in [1.54, 1.807) is 52.0 Å². The van der Waals surface area contributed by atoms with Crippen LogP contribution < -0.4 is 15.8 Å². The fraction of sp³-hybridized carbons (Fsp3) is 0.280. The van der Waals surface area contributed by atoms with Crippen molar-refractivity contribution in [3.05, 3.63) is 70.4 Å². The molecule has 1 saturated carbocycles. The largest absolute Gasteiger partial charge is 0.490 e. The van der Waals surface area contributed by atoms with Crippen LogP contribution in [-0.2, 0) is 13.1 Å². The van der Waals surface area contributed by atoms with E-state index in [2.05, 4.69) is 16.5 Å². The highest BCUT2D eigenvalue weighted by atomic mass is 35.5. The first-order chi connectivity index (χ1) is 16.9. The van der Waals surface area contributed by atoms with Gasteiger partial charge >= 0.3 is 6.03 Å². The summed E-state index contributed by atoms with van der Waals surface area (Å²) in [6.45, 7) is 1.15. The van der Waals surface area contributed by atoms with Crippen molar-refractivity contribution in [2.24, 2.45) is 5.73 Å². The zero-order valence-corrected chi connectivity index (χ0v) is 19.5. The minimum absolute atomic E-state index is 0.00958. The monoisotopic (exact) mass is 490 g/mol. The Kier molecular flexibility index (Phi) is 6.05. The Morgan fingerprint density at radius 1 is 1.17 bits per heavy atom. The molecule has 3 N–H and O–H groups in total. The third kappa shape index (κ3) is 4.66. The summed E-state index contributed by atoms with van der Waals surface area (Å²) in [5, 5.41) is 17.1. The number of nitrogens with one attached hydrogen (secondary N) is 1. The molecule has 178 valence electrons. The number of nitrogens with two attached hydrogens (primary N) is 1. The Labute approximate surface area is 207 Å². The first-order valence-corrected chi connectivity index (χ1v) is 11.7. The summed E-state index contributed by atoms with van der Waals surface area (Å²) in [5.74, 6) is 0.114. The van der Waals surface area contributed by atoms with E-state index in [0.29, 0.717) is 64.8 Å². The molecule has 0 atom stereocenters. The molecule has 1 aliphatic heterocycles. The van der Waals surface area contributed by atoms with E-state index in [1.807, 2.05) is 6.07 Å². The molecule has 3 aromatic rings. The molecule has 1 aliphatic carbocycles. The number of primary amides is 1. The number of carbonyl (C=O) groups is 2. The van der Waals surface area contributed by atoms with Crippen molar-refractivity contribution in [2.75, 3.05) is 6.54 Å². The lowest BCUT2D eigenvalue weighted by Gasteiger charge is -2.37. The first kappa shape index (κ1) is 22.7. The van der Waals surface area contributed by atoms with Crippen LogP contribution in [0, 0.1) is 11.3 Å². The molecule has 5 rings (SSSR count). The van der Waals surface area contributed by atoms with Gasteiger partial charge in [-0.05, 0) is 36.4 Å². The zero-order chi connectivity index (χ0) is 24.5. The van der Waals surface area contributed by atoms with Crippen molar-refractivity contribution < 1.29 is 14.3 Å². The molecule has 2 heterocycles. The highest BCUT2D eigenvalue weighted by Crippen LogP contribution is 2.30. The van der Waals surface area contributed by atoms with Gasteiger partial charge in [0.05, 0.1) is 36.0 Å². The predicted octanol–water partition coefficient (Wildman–Crippen LogP) is 3.31. The van der Waals surface area contributed by atoms with Gasteiger partial charge in [-0.3, -0.25) is 9.48 Å². The van der Waals surface area contributed by atoms with Crippen molar-refractivity contribution in [3.63, 3.8) is 0 Å². The lowest BCUT2D eigenvalue weighted by Crippen LogP contribution is -2.54. The normalized spacial score (nSPS) is 18.7. The van der Waals surface area contributed by atoms with Gasteiger partial charge in [0.25, 0.3) is 5.91 Å². The van der Waals surface area contributed by atoms with Crippen LogP contribution in [0.4, 0.5) is 4.79 Å². The standard InChI is InChI=1S/C25H23ClN6O3/c26-17-3-1-2-16(10-17)23-22(24(28)33)21-14-31(8-9-32(21)30-23)25(34)29-18-11-20(12-18)35-19-6-4-15(13-27)5-7-19/h1-7,10,18,20H,8-9,11-12,14H2,(H2,28,33)(H,29,34). The Hall–Kier alpha value is -4.03. The zero-order valence-electron chi connectivity index (χ0n) is 18.8. The second-order valence-corrected chi connectivity index (χ2v) is 9.12. The fourth-order valence-electron chi connectivity index (χ4n) is 4.43. The summed E-state index contributed by atoms with van der Waals surface area (Å²) < 4.78 is 7.64. The van der Waals surface area contributed by atoms with Crippen molar-refractivity contribution in [1.82, 2.24) is 20.0 Å². The number of fused-ring (bicyclic) bond motifs is 1. The second kappa shape index (κ2) is 9.31. The van der Waals surface area contributed by atoms with Gasteiger partial charge in [0.1, 0.15) is 17.5 Å². The van der Waals surface area contributed by atoms with Gasteiger partial charge in [-0.2, -0.15) is 10.4 Å². The summed E-state index contributed by atoms with van der Waals surface area (Å²) in [5.41, 5.74) is 8.39. The smallest absolute Gasteiger partial charge is 0.318 e. The summed E-state index contributed by atoms with van der Waals surface area (Å²) in [6, 6.07) is 16.0. The lowest BCUT2D eigenvalue weighted by molar-refractivity contribution is 0.0832. The number of ether oxygens (including phenoxy) is 1. The number of benzene rings is 2. The number of amides is 3. The fourth-order valence-corrected chi connectivity index (χ4v) is 4.62. The number of halogens is 1. The molecule has 0 unspecified atom stereocenters. The quantitative estimate of drug-likeness (QED) is 0.567. The molecule has 10 heteroatoms. The van der Waals surface area contributed by atoms with Crippen LogP contribution in [0.25, 0.3) is 11.3 Å². The summed E-state index contributed by atoms with van der Waals surface area (Å²) in [7, 11) is 0. The molecule has 9 nitrogen and oxygen atoms in total. The minimum atomic E-state index is -0.592. The average molecular weight is 491 g/mol. The van der Waals surface area contributed by atoms with Gasteiger partial charge < -0.3 is 20.7 Å². The van der Waals surface area contributed by atoms with Gasteiger partial charge in [-0.15, -0.1) is 0 Å². The predicted molar refractivity (Wildman–Crippen MR) is 129 cm³/mol. The van der Waals surface area contributed by atoms with Gasteiger partial charge in [-0.25, -0.2) is 4.79 Å². The number of rotatable bonds is 5. The van der Waals surface area contributed by atoms with Gasteiger partial charge in [0, 0.05) is 36.0 Å². The number of nitrogens with zero attached hydrogens (tertiary/aromatic N) is 4. The molecule has 1 aromatic heterocycles. The average Bonchev–Trinajstić information content (AvgIpc) is 3.22. The van der Waals surface area contributed by atoms with Crippen LogP contribution in [0.15, 0.2) is 48.5 Å². The highest BCUT2D eigenvalue weighted by Gasteiger charge is 2.35. The third-order valence-corrected chi connectivity index (χ3v) is 6.56. The third-order valence-electron chi connectivity index (χ3n) is 6.32. The molecule has 1 fully saturated rings. The van der Waals surface area contributed by atoms with Crippen molar-refractivity contribution in [3.8, 4) is 23.1 Å². The van der Waals surface area contributed by atoms with Crippen LogP contribution in [0.5, 0.6) is 5.75 Å². The van der Waals surface area contributed by atoms with Crippen LogP contribution in [0.1, 0.15) is 34.5 Å². The van der Waals surface area contributed by atoms with Crippen LogP contribution >= 0.6 is 11.6 Å². The van der Waals surface area contributed by atoms with Gasteiger partial charge in [0.2, 0.25) is 0 Å². The molecular formula is C25H23ClN6O3. The van der Waals surface area contributed by atoms with Crippen LogP contribution in [-0.4, -0.2) is 45.3 Å². The topological polar surface area (TPSA) is 126 Å². The SMILES string of the molecule is N#Cc1ccc(OC2CC(NC(=O)N3CCn4nc(-c5cccc(Cl)c5)c(C(N)=O)c4C3)C2)cc1. The second-order valence-electron chi connectivity index (χ2n) is 8.68. The van der Waals surface area contributed by atoms with Crippen LogP contribution in [0.3, 0.4) is 0 Å². The van der Waals surface area contributed by atoms with Gasteiger partial charge in [0.15, 0.2) is 0 Å². The molecule has 0 saturated heterocycles. The summed E-state index contributed by atoms with van der Waals surface area (Å²) >= 11 is 6.12. The Morgan fingerprint density at radius 3 is 2.63 bits per heavy atom. The van der Waals surface area contributed by atoms with E-state index in [9.17, 15) is 9.59 Å². The molecule has 0 bridgehead atoms. The molecule has 0 spiro atoms. The maximum Gasteiger partial charge on any atom is 0.318 e.